The van der Waals surface area contributed by atoms with Gasteiger partial charge in [0.2, 0.25) is 0 Å². The lowest BCUT2D eigenvalue weighted by atomic mass is 10.1. The summed E-state index contributed by atoms with van der Waals surface area (Å²) in [6.07, 6.45) is 5.11. The van der Waals surface area contributed by atoms with Gasteiger partial charge in [0, 0.05) is 25.7 Å². The van der Waals surface area contributed by atoms with E-state index in [0.29, 0.717) is 6.54 Å². The third-order valence-electron chi connectivity index (χ3n) is 5.01. The standard InChI is InChI=1S/C21H28N4O/c1-3-17(2)25(16-18-9-5-4-6-10-18)21(26)23-19-11-12-20(22-15-19)24-13-7-8-14-24/h4-6,9-12,15,17H,3,7-8,13-14,16H2,1-2H3,(H,23,26). The van der Waals surface area contributed by atoms with E-state index in [0.717, 1.165) is 36.6 Å². The number of nitrogens with zero attached hydrogens (tertiary/aromatic N) is 3. The number of benzene rings is 1. The molecule has 5 heteroatoms. The summed E-state index contributed by atoms with van der Waals surface area (Å²) in [5.41, 5.74) is 1.87. The first-order chi connectivity index (χ1) is 12.7. The minimum Gasteiger partial charge on any atom is -0.357 e. The SMILES string of the molecule is CCC(C)N(Cc1ccccc1)C(=O)Nc1ccc(N2CCCC2)nc1. The third-order valence-corrected chi connectivity index (χ3v) is 5.01. The van der Waals surface area contributed by atoms with Crippen molar-refractivity contribution in [3.63, 3.8) is 0 Å². The summed E-state index contributed by atoms with van der Waals surface area (Å²) in [5, 5.41) is 3.00. The van der Waals surface area contributed by atoms with E-state index in [4.69, 9.17) is 0 Å². The van der Waals surface area contributed by atoms with Crippen LogP contribution in [-0.4, -0.2) is 35.0 Å². The van der Waals surface area contributed by atoms with E-state index in [2.05, 4.69) is 41.2 Å². The van der Waals surface area contributed by atoms with Gasteiger partial charge in [0.15, 0.2) is 0 Å². The minimum atomic E-state index is -0.0843. The van der Waals surface area contributed by atoms with E-state index in [1.54, 1.807) is 6.20 Å². The molecule has 2 aromatic rings. The zero-order chi connectivity index (χ0) is 18.4. The molecule has 138 valence electrons. The van der Waals surface area contributed by atoms with E-state index >= 15 is 0 Å². The van der Waals surface area contributed by atoms with Crippen LogP contribution in [0.5, 0.6) is 0 Å². The average Bonchev–Trinajstić information content (AvgIpc) is 3.21. The number of amides is 2. The van der Waals surface area contributed by atoms with Gasteiger partial charge < -0.3 is 15.1 Å². The number of nitrogens with one attached hydrogen (secondary N) is 1. The number of urea groups is 1. The van der Waals surface area contributed by atoms with Gasteiger partial charge in [-0.1, -0.05) is 37.3 Å². The molecule has 1 atom stereocenters. The summed E-state index contributed by atoms with van der Waals surface area (Å²) in [7, 11) is 0. The molecule has 2 heterocycles. The molecular formula is C21H28N4O. The Labute approximate surface area is 156 Å². The maximum absolute atomic E-state index is 12.8. The van der Waals surface area contributed by atoms with Crippen molar-refractivity contribution in [3.05, 3.63) is 54.2 Å². The highest BCUT2D eigenvalue weighted by atomic mass is 16.2. The lowest BCUT2D eigenvalue weighted by Crippen LogP contribution is -2.40. The number of carbonyl (C=O) groups excluding carboxylic acids is 1. The molecule has 1 unspecified atom stereocenters. The molecule has 1 fully saturated rings. The number of anilines is 2. The molecule has 1 aromatic carbocycles. The van der Waals surface area contributed by atoms with E-state index in [-0.39, 0.29) is 12.1 Å². The second-order valence-electron chi connectivity index (χ2n) is 6.90. The second kappa shape index (κ2) is 8.70. The molecule has 3 rings (SSSR count). The second-order valence-corrected chi connectivity index (χ2v) is 6.90. The van der Waals surface area contributed by atoms with Gasteiger partial charge in [0.1, 0.15) is 5.82 Å². The normalized spacial score (nSPS) is 14.9. The Balaban J connectivity index is 1.66. The van der Waals surface area contributed by atoms with Gasteiger partial charge in [-0.25, -0.2) is 9.78 Å². The molecule has 2 amide bonds. The molecule has 26 heavy (non-hydrogen) atoms. The number of aromatic nitrogens is 1. The first-order valence-corrected chi connectivity index (χ1v) is 9.50. The lowest BCUT2D eigenvalue weighted by Gasteiger charge is -2.29. The molecule has 5 nitrogen and oxygen atoms in total. The Morgan fingerprint density at radius 1 is 1.19 bits per heavy atom. The lowest BCUT2D eigenvalue weighted by molar-refractivity contribution is 0.187. The fourth-order valence-electron chi connectivity index (χ4n) is 3.22. The van der Waals surface area contributed by atoms with Gasteiger partial charge in [0.25, 0.3) is 0 Å². The van der Waals surface area contributed by atoms with Crippen LogP contribution in [0.25, 0.3) is 0 Å². The van der Waals surface area contributed by atoms with Gasteiger partial charge in [-0.15, -0.1) is 0 Å². The van der Waals surface area contributed by atoms with E-state index < -0.39 is 0 Å². The molecule has 0 spiro atoms. The highest BCUT2D eigenvalue weighted by Crippen LogP contribution is 2.20. The first kappa shape index (κ1) is 18.2. The van der Waals surface area contributed by atoms with Gasteiger partial charge in [0.05, 0.1) is 11.9 Å². The molecule has 0 aliphatic carbocycles. The summed E-state index contributed by atoms with van der Waals surface area (Å²) < 4.78 is 0. The maximum atomic E-state index is 12.8. The largest absolute Gasteiger partial charge is 0.357 e. The molecule has 0 radical (unpaired) electrons. The quantitative estimate of drug-likeness (QED) is 0.832. The van der Waals surface area contributed by atoms with Crippen LogP contribution < -0.4 is 10.2 Å². The number of carbonyl (C=O) groups is 1. The van der Waals surface area contributed by atoms with Gasteiger partial charge >= 0.3 is 6.03 Å². The Hall–Kier alpha value is -2.56. The van der Waals surface area contributed by atoms with Crippen molar-refractivity contribution in [3.8, 4) is 0 Å². The first-order valence-electron chi connectivity index (χ1n) is 9.50. The molecule has 0 saturated carbocycles. The highest BCUT2D eigenvalue weighted by Gasteiger charge is 2.20. The van der Waals surface area contributed by atoms with Crippen molar-refractivity contribution in [2.75, 3.05) is 23.3 Å². The highest BCUT2D eigenvalue weighted by molar-refractivity contribution is 5.89. The molecule has 1 aliphatic heterocycles. The minimum absolute atomic E-state index is 0.0843. The Morgan fingerprint density at radius 2 is 1.92 bits per heavy atom. The average molecular weight is 352 g/mol. The Kier molecular flexibility index (Phi) is 6.10. The number of hydrogen-bond acceptors (Lipinski definition) is 3. The van der Waals surface area contributed by atoms with Crippen molar-refractivity contribution in [2.45, 2.75) is 45.7 Å². The van der Waals surface area contributed by atoms with Crippen LogP contribution in [0.15, 0.2) is 48.7 Å². The third kappa shape index (κ3) is 4.54. The Morgan fingerprint density at radius 3 is 2.54 bits per heavy atom. The maximum Gasteiger partial charge on any atom is 0.322 e. The van der Waals surface area contributed by atoms with Crippen molar-refractivity contribution in [2.24, 2.45) is 0 Å². The topological polar surface area (TPSA) is 48.5 Å². The monoisotopic (exact) mass is 352 g/mol. The van der Waals surface area contributed by atoms with Crippen molar-refractivity contribution < 1.29 is 4.79 Å². The summed E-state index contributed by atoms with van der Waals surface area (Å²) in [6.45, 7) is 6.91. The van der Waals surface area contributed by atoms with Crippen LogP contribution in [0.4, 0.5) is 16.3 Å². The van der Waals surface area contributed by atoms with Crippen molar-refractivity contribution in [1.29, 1.82) is 0 Å². The molecule has 1 saturated heterocycles. The van der Waals surface area contributed by atoms with Crippen LogP contribution in [0, 0.1) is 0 Å². The fraction of sp³-hybridized carbons (Fsp3) is 0.429. The molecule has 1 aromatic heterocycles. The van der Waals surface area contributed by atoms with Crippen molar-refractivity contribution in [1.82, 2.24) is 9.88 Å². The molecular weight excluding hydrogens is 324 g/mol. The van der Waals surface area contributed by atoms with Gasteiger partial charge in [-0.3, -0.25) is 0 Å². The summed E-state index contributed by atoms with van der Waals surface area (Å²) in [4.78, 5) is 21.5. The number of hydrogen-bond donors (Lipinski definition) is 1. The summed E-state index contributed by atoms with van der Waals surface area (Å²) in [6, 6.07) is 14.1. The van der Waals surface area contributed by atoms with Crippen LogP contribution in [0.1, 0.15) is 38.7 Å². The molecule has 0 bridgehead atoms. The number of pyridine rings is 1. The number of rotatable bonds is 6. The Bertz CT molecular complexity index is 696. The van der Waals surface area contributed by atoms with E-state index in [1.165, 1.54) is 12.8 Å². The predicted octanol–water partition coefficient (Wildman–Crippen LogP) is 4.51. The van der Waals surface area contributed by atoms with Crippen LogP contribution in [0.3, 0.4) is 0 Å². The van der Waals surface area contributed by atoms with Crippen LogP contribution >= 0.6 is 0 Å². The van der Waals surface area contributed by atoms with Crippen molar-refractivity contribution >= 4 is 17.5 Å². The van der Waals surface area contributed by atoms with Gasteiger partial charge in [-0.05, 0) is 43.9 Å². The van der Waals surface area contributed by atoms with E-state index in [1.807, 2.05) is 35.2 Å². The zero-order valence-electron chi connectivity index (χ0n) is 15.7. The van der Waals surface area contributed by atoms with Crippen LogP contribution in [-0.2, 0) is 6.54 Å². The fourth-order valence-corrected chi connectivity index (χ4v) is 3.22. The van der Waals surface area contributed by atoms with E-state index in [9.17, 15) is 4.79 Å². The summed E-state index contributed by atoms with van der Waals surface area (Å²) >= 11 is 0. The predicted molar refractivity (Wildman–Crippen MR) is 106 cm³/mol. The van der Waals surface area contributed by atoms with Crippen LogP contribution in [0.2, 0.25) is 0 Å². The van der Waals surface area contributed by atoms with Gasteiger partial charge in [-0.2, -0.15) is 0 Å². The summed E-state index contributed by atoms with van der Waals surface area (Å²) in [5.74, 6) is 0.989. The molecule has 1 N–H and O–H groups in total. The zero-order valence-corrected chi connectivity index (χ0v) is 15.7. The molecule has 1 aliphatic rings. The smallest absolute Gasteiger partial charge is 0.322 e.